The topological polar surface area (TPSA) is 81.9 Å². The van der Waals surface area contributed by atoms with Crippen molar-refractivity contribution in [3.05, 3.63) is 34.4 Å². The molecule has 0 aromatic heterocycles. The summed E-state index contributed by atoms with van der Waals surface area (Å²) in [7, 11) is -3.35. The van der Waals surface area contributed by atoms with Gasteiger partial charge in [0.1, 0.15) is 0 Å². The van der Waals surface area contributed by atoms with Crippen LogP contribution in [-0.2, 0) is 32.5 Å². The fraction of sp³-hybridized carbons (Fsp3) is 0.700. The molecule has 0 bridgehead atoms. The maximum absolute atomic E-state index is 13.4. The van der Waals surface area contributed by atoms with Crippen LogP contribution in [0.5, 0.6) is 0 Å². The van der Waals surface area contributed by atoms with Gasteiger partial charge in [-0.15, -0.1) is 0 Å². The van der Waals surface area contributed by atoms with E-state index in [9.17, 15) is 8.42 Å². The molecule has 7 heteroatoms. The molecule has 0 unspecified atom stereocenters. The molecular formula is C20H30N2O4S. The molecule has 1 aromatic rings. The molecule has 27 heavy (non-hydrogen) atoms. The molecule has 1 aliphatic carbocycles. The summed E-state index contributed by atoms with van der Waals surface area (Å²) in [5.74, 6) is -0.548. The minimum atomic E-state index is -3.35. The normalized spacial score (nSPS) is 24.4. The summed E-state index contributed by atoms with van der Waals surface area (Å²) in [4.78, 5) is 0. The lowest BCUT2D eigenvalue weighted by Crippen LogP contribution is -2.50. The monoisotopic (exact) mass is 394 g/mol. The van der Waals surface area contributed by atoms with Gasteiger partial charge >= 0.3 is 0 Å². The predicted octanol–water partition coefficient (Wildman–Crippen LogP) is 2.01. The molecule has 150 valence electrons. The molecule has 2 N–H and O–H groups in total. The first-order valence-corrected chi connectivity index (χ1v) is 11.3. The summed E-state index contributed by atoms with van der Waals surface area (Å²) in [6.07, 6.45) is 3.30. The zero-order chi connectivity index (χ0) is 19.3. The highest BCUT2D eigenvalue weighted by Crippen LogP contribution is 2.49. The smallest absolute Gasteiger partial charge is 0.220 e. The van der Waals surface area contributed by atoms with Crippen molar-refractivity contribution in [1.29, 1.82) is 0 Å². The van der Waals surface area contributed by atoms with Gasteiger partial charge in [0.05, 0.1) is 18.0 Å². The Bertz CT molecular complexity index is 793. The lowest BCUT2D eigenvalue weighted by Gasteiger charge is -2.38. The molecular weight excluding hydrogens is 364 g/mol. The standard InChI is InChI=1S/C20H30N2O4S/c1-15-11-17(14-21)12-16(2)18(15)13-19(3-4-19)27(23,24)22-7-5-20(6-8-22)25-9-10-26-20/h11-12H,3-10,13-14,21H2,1-2H3. The number of ether oxygens (including phenoxy) is 2. The first-order valence-electron chi connectivity index (χ1n) is 9.88. The first kappa shape index (κ1) is 19.3. The number of nitrogens with two attached hydrogens (primary N) is 1. The van der Waals surface area contributed by atoms with Crippen LogP contribution in [0.1, 0.15) is 47.9 Å². The van der Waals surface area contributed by atoms with Gasteiger partial charge in [0.25, 0.3) is 0 Å². The highest BCUT2D eigenvalue weighted by molar-refractivity contribution is 7.90. The average molecular weight is 395 g/mol. The van der Waals surface area contributed by atoms with E-state index in [0.29, 0.717) is 52.1 Å². The minimum absolute atomic E-state index is 0.480. The zero-order valence-corrected chi connectivity index (χ0v) is 17.1. The van der Waals surface area contributed by atoms with Gasteiger partial charge in [-0.1, -0.05) is 12.1 Å². The molecule has 3 fully saturated rings. The van der Waals surface area contributed by atoms with E-state index in [2.05, 4.69) is 26.0 Å². The molecule has 1 spiro atoms. The molecule has 3 aliphatic rings. The van der Waals surface area contributed by atoms with Gasteiger partial charge in [-0.25, -0.2) is 12.7 Å². The molecule has 2 saturated heterocycles. The molecule has 0 radical (unpaired) electrons. The number of rotatable bonds is 5. The molecule has 0 amide bonds. The van der Waals surface area contributed by atoms with E-state index in [0.717, 1.165) is 35.1 Å². The van der Waals surface area contributed by atoms with Gasteiger partial charge in [-0.3, -0.25) is 0 Å². The van der Waals surface area contributed by atoms with Crippen LogP contribution in [0.2, 0.25) is 0 Å². The Morgan fingerprint density at radius 3 is 2.07 bits per heavy atom. The highest BCUT2D eigenvalue weighted by atomic mass is 32.2. The second kappa shape index (κ2) is 6.81. The predicted molar refractivity (Wildman–Crippen MR) is 104 cm³/mol. The molecule has 6 nitrogen and oxygen atoms in total. The summed E-state index contributed by atoms with van der Waals surface area (Å²) in [6.45, 7) is 6.79. The van der Waals surface area contributed by atoms with Crippen LogP contribution >= 0.6 is 0 Å². The molecule has 4 rings (SSSR count). The van der Waals surface area contributed by atoms with Crippen LogP contribution < -0.4 is 5.73 Å². The fourth-order valence-electron chi connectivity index (χ4n) is 4.59. The van der Waals surface area contributed by atoms with Crippen LogP contribution in [0, 0.1) is 13.8 Å². The van der Waals surface area contributed by atoms with Crippen LogP contribution in [0.15, 0.2) is 12.1 Å². The van der Waals surface area contributed by atoms with E-state index >= 15 is 0 Å². The Hall–Kier alpha value is -0.990. The third-order valence-electron chi connectivity index (χ3n) is 6.48. The third-order valence-corrected chi connectivity index (χ3v) is 9.18. The summed E-state index contributed by atoms with van der Waals surface area (Å²) in [5.41, 5.74) is 10.3. The van der Waals surface area contributed by atoms with Crippen LogP contribution in [0.4, 0.5) is 0 Å². The minimum Gasteiger partial charge on any atom is -0.347 e. The summed E-state index contributed by atoms with van der Waals surface area (Å²) < 4.78 is 39.4. The van der Waals surface area contributed by atoms with E-state index in [-0.39, 0.29) is 0 Å². The number of hydrogen-bond donors (Lipinski definition) is 1. The van der Waals surface area contributed by atoms with Gasteiger partial charge < -0.3 is 15.2 Å². The van der Waals surface area contributed by atoms with Gasteiger partial charge in [-0.05, 0) is 55.4 Å². The van der Waals surface area contributed by atoms with Gasteiger partial charge in [0, 0.05) is 32.5 Å². The molecule has 2 heterocycles. The fourth-order valence-corrected chi connectivity index (χ4v) is 6.75. The molecule has 0 atom stereocenters. The van der Waals surface area contributed by atoms with E-state index in [1.54, 1.807) is 4.31 Å². The van der Waals surface area contributed by atoms with Gasteiger partial charge in [0.2, 0.25) is 10.0 Å². The van der Waals surface area contributed by atoms with Crippen LogP contribution in [0.25, 0.3) is 0 Å². The van der Waals surface area contributed by atoms with E-state index < -0.39 is 20.6 Å². The molecule has 1 aromatic carbocycles. The Morgan fingerprint density at radius 2 is 1.59 bits per heavy atom. The lowest BCUT2D eigenvalue weighted by atomic mass is 9.95. The van der Waals surface area contributed by atoms with E-state index in [1.807, 2.05) is 0 Å². The zero-order valence-electron chi connectivity index (χ0n) is 16.3. The van der Waals surface area contributed by atoms with Crippen molar-refractivity contribution in [2.75, 3.05) is 26.3 Å². The number of sulfonamides is 1. The summed E-state index contributed by atoms with van der Waals surface area (Å²) >= 11 is 0. The number of aryl methyl sites for hydroxylation is 2. The van der Waals surface area contributed by atoms with Crippen LogP contribution in [0.3, 0.4) is 0 Å². The van der Waals surface area contributed by atoms with E-state index in [1.165, 1.54) is 0 Å². The maximum atomic E-state index is 13.4. The average Bonchev–Trinajstić information content (AvgIpc) is 3.32. The third kappa shape index (κ3) is 3.34. The van der Waals surface area contributed by atoms with Crippen LogP contribution in [-0.4, -0.2) is 49.6 Å². The first-order chi connectivity index (χ1) is 12.8. The number of benzene rings is 1. The molecule has 1 saturated carbocycles. The Labute approximate surface area is 162 Å². The van der Waals surface area contributed by atoms with Crippen molar-refractivity contribution in [3.8, 4) is 0 Å². The Morgan fingerprint density at radius 1 is 1.04 bits per heavy atom. The number of nitrogens with zero attached hydrogens (tertiary/aromatic N) is 1. The Kier molecular flexibility index (Phi) is 4.88. The van der Waals surface area contributed by atoms with Crippen molar-refractivity contribution < 1.29 is 17.9 Å². The van der Waals surface area contributed by atoms with Crippen molar-refractivity contribution in [2.45, 2.75) is 63.0 Å². The van der Waals surface area contributed by atoms with Crippen molar-refractivity contribution >= 4 is 10.0 Å². The van der Waals surface area contributed by atoms with Crippen molar-refractivity contribution in [3.63, 3.8) is 0 Å². The van der Waals surface area contributed by atoms with Crippen molar-refractivity contribution in [1.82, 2.24) is 4.31 Å². The SMILES string of the molecule is Cc1cc(CN)cc(C)c1CC1(S(=O)(=O)N2CCC3(CC2)OCCO3)CC1. The highest BCUT2D eigenvalue weighted by Gasteiger charge is 2.58. The Balaban J connectivity index is 1.52. The lowest BCUT2D eigenvalue weighted by molar-refractivity contribution is -0.179. The van der Waals surface area contributed by atoms with E-state index in [4.69, 9.17) is 15.2 Å². The second-order valence-electron chi connectivity index (χ2n) is 8.28. The second-order valence-corrected chi connectivity index (χ2v) is 10.6. The molecule has 2 aliphatic heterocycles. The quantitative estimate of drug-likeness (QED) is 0.826. The summed E-state index contributed by atoms with van der Waals surface area (Å²) in [5, 5.41) is 0. The van der Waals surface area contributed by atoms with Crippen molar-refractivity contribution in [2.24, 2.45) is 5.73 Å². The largest absolute Gasteiger partial charge is 0.347 e. The van der Waals surface area contributed by atoms with Gasteiger partial charge in [0.15, 0.2) is 5.79 Å². The number of hydrogen-bond acceptors (Lipinski definition) is 5. The van der Waals surface area contributed by atoms with Gasteiger partial charge in [-0.2, -0.15) is 0 Å². The maximum Gasteiger partial charge on any atom is 0.220 e. The summed E-state index contributed by atoms with van der Waals surface area (Å²) in [6, 6.07) is 4.18. The number of piperidine rings is 1.